The van der Waals surface area contributed by atoms with E-state index in [2.05, 4.69) is 40.4 Å². The van der Waals surface area contributed by atoms with E-state index in [1.165, 1.54) is 19.2 Å². The van der Waals surface area contributed by atoms with Crippen LogP contribution in [0, 0.1) is 19.8 Å². The van der Waals surface area contributed by atoms with Crippen LogP contribution in [0.5, 0.6) is 0 Å². The molecule has 0 bridgehead atoms. The minimum Gasteiger partial charge on any atom is -0.356 e. The molecule has 0 spiro atoms. The first-order valence-electron chi connectivity index (χ1n) is 11.6. The van der Waals surface area contributed by atoms with E-state index in [1.807, 2.05) is 38.1 Å². The number of rotatable bonds is 5. The molecular weight excluding hydrogens is 418 g/mol. The van der Waals surface area contributed by atoms with Crippen LogP contribution in [0.4, 0.5) is 17.5 Å². The topological polar surface area (TPSA) is 105 Å². The summed E-state index contributed by atoms with van der Waals surface area (Å²) < 4.78 is 1.80. The summed E-state index contributed by atoms with van der Waals surface area (Å²) in [7, 11) is 0. The smallest absolute Gasteiger partial charge is 0.228 e. The average molecular weight is 448 g/mol. The zero-order valence-corrected chi connectivity index (χ0v) is 19.1. The molecule has 10 nitrogen and oxygen atoms in total. The Hall–Kier alpha value is -3.56. The Morgan fingerprint density at radius 3 is 2.27 bits per heavy atom. The number of aromatic nitrogens is 6. The highest BCUT2D eigenvalue weighted by Gasteiger charge is 2.26. The van der Waals surface area contributed by atoms with E-state index in [0.29, 0.717) is 11.6 Å². The summed E-state index contributed by atoms with van der Waals surface area (Å²) in [4.78, 5) is 25.8. The highest BCUT2D eigenvalue weighted by Crippen LogP contribution is 2.24. The van der Waals surface area contributed by atoms with Crippen molar-refractivity contribution in [1.29, 1.82) is 0 Å². The summed E-state index contributed by atoms with van der Waals surface area (Å²) in [5, 5.41) is 16.2. The van der Waals surface area contributed by atoms with Crippen molar-refractivity contribution in [3.63, 3.8) is 0 Å². The molecule has 172 valence electrons. The standard InChI is InChI=1S/C23H29N9O/c1-16-13-17(2)32(29-16)21-6-5-20(27-28-21)31-11-7-18(8-12-31)23(33)26-19-14-22(25-15-24-19)30-9-3-4-10-30/h5-6,13-15,18H,3-4,7-12H2,1-2H3,(H,24,25,26,33). The molecule has 0 radical (unpaired) electrons. The number of carbonyl (C=O) groups excluding carboxylic acids is 1. The minimum atomic E-state index is -0.0478. The molecule has 1 N–H and O–H groups in total. The summed E-state index contributed by atoms with van der Waals surface area (Å²) in [6.07, 6.45) is 5.41. The van der Waals surface area contributed by atoms with Gasteiger partial charge in [0, 0.05) is 43.9 Å². The van der Waals surface area contributed by atoms with Gasteiger partial charge in [0.2, 0.25) is 5.91 Å². The van der Waals surface area contributed by atoms with E-state index >= 15 is 0 Å². The number of carbonyl (C=O) groups is 1. The van der Waals surface area contributed by atoms with E-state index in [0.717, 1.165) is 62.0 Å². The van der Waals surface area contributed by atoms with Gasteiger partial charge in [-0.05, 0) is 57.7 Å². The van der Waals surface area contributed by atoms with Crippen LogP contribution in [0.15, 0.2) is 30.6 Å². The van der Waals surface area contributed by atoms with Gasteiger partial charge in [0.05, 0.1) is 5.69 Å². The molecule has 10 heteroatoms. The molecule has 0 unspecified atom stereocenters. The second kappa shape index (κ2) is 9.13. The SMILES string of the molecule is Cc1cc(C)n(-c2ccc(N3CCC(C(=O)Nc4cc(N5CCCC5)ncn4)CC3)nn2)n1. The van der Waals surface area contributed by atoms with Crippen molar-refractivity contribution in [3.05, 3.63) is 42.0 Å². The summed E-state index contributed by atoms with van der Waals surface area (Å²) in [6, 6.07) is 7.80. The van der Waals surface area contributed by atoms with Crippen LogP contribution in [-0.2, 0) is 4.79 Å². The van der Waals surface area contributed by atoms with Crippen molar-refractivity contribution < 1.29 is 4.79 Å². The van der Waals surface area contributed by atoms with Crippen LogP contribution in [-0.4, -0.2) is 62.0 Å². The summed E-state index contributed by atoms with van der Waals surface area (Å²) in [5.41, 5.74) is 1.98. The first kappa shape index (κ1) is 21.3. The third-order valence-corrected chi connectivity index (χ3v) is 6.39. The van der Waals surface area contributed by atoms with E-state index < -0.39 is 0 Å². The molecule has 0 aliphatic carbocycles. The highest BCUT2D eigenvalue weighted by atomic mass is 16.2. The van der Waals surface area contributed by atoms with Crippen LogP contribution >= 0.6 is 0 Å². The molecule has 5 heterocycles. The third-order valence-electron chi connectivity index (χ3n) is 6.39. The zero-order valence-electron chi connectivity index (χ0n) is 19.1. The average Bonchev–Trinajstić information content (AvgIpc) is 3.49. The van der Waals surface area contributed by atoms with Crippen molar-refractivity contribution in [1.82, 2.24) is 29.9 Å². The number of hydrogen-bond acceptors (Lipinski definition) is 8. The fraction of sp³-hybridized carbons (Fsp3) is 0.478. The number of nitrogens with one attached hydrogen (secondary N) is 1. The van der Waals surface area contributed by atoms with Crippen molar-refractivity contribution >= 4 is 23.4 Å². The van der Waals surface area contributed by atoms with Gasteiger partial charge in [0.1, 0.15) is 18.0 Å². The Morgan fingerprint density at radius 2 is 1.61 bits per heavy atom. The summed E-state index contributed by atoms with van der Waals surface area (Å²) in [5.74, 6) is 2.96. The predicted octanol–water partition coefficient (Wildman–Crippen LogP) is 2.52. The maximum Gasteiger partial charge on any atom is 0.228 e. The number of anilines is 3. The van der Waals surface area contributed by atoms with Crippen LogP contribution in [0.2, 0.25) is 0 Å². The molecule has 5 rings (SSSR count). The molecule has 33 heavy (non-hydrogen) atoms. The number of hydrogen-bond donors (Lipinski definition) is 1. The van der Waals surface area contributed by atoms with Gasteiger partial charge in [-0.25, -0.2) is 14.6 Å². The lowest BCUT2D eigenvalue weighted by Gasteiger charge is -2.31. The van der Waals surface area contributed by atoms with Crippen molar-refractivity contribution in [2.24, 2.45) is 5.92 Å². The number of nitrogens with zero attached hydrogens (tertiary/aromatic N) is 8. The third kappa shape index (κ3) is 4.64. The highest BCUT2D eigenvalue weighted by molar-refractivity contribution is 5.92. The van der Waals surface area contributed by atoms with Gasteiger partial charge in [-0.1, -0.05) is 0 Å². The van der Waals surface area contributed by atoms with Crippen molar-refractivity contribution in [2.45, 2.75) is 39.5 Å². The van der Waals surface area contributed by atoms with Crippen LogP contribution in [0.25, 0.3) is 5.82 Å². The molecule has 3 aromatic rings. The van der Waals surface area contributed by atoms with Crippen molar-refractivity contribution in [2.75, 3.05) is 41.3 Å². The quantitative estimate of drug-likeness (QED) is 0.636. The number of piperidine rings is 1. The Labute approximate surface area is 193 Å². The lowest BCUT2D eigenvalue weighted by Crippen LogP contribution is -2.38. The second-order valence-corrected chi connectivity index (χ2v) is 8.79. The molecule has 0 saturated carbocycles. The molecule has 0 atom stereocenters. The maximum atomic E-state index is 12.8. The Bertz CT molecular complexity index is 1110. The van der Waals surface area contributed by atoms with E-state index in [4.69, 9.17) is 0 Å². The van der Waals surface area contributed by atoms with E-state index in [9.17, 15) is 4.79 Å². The summed E-state index contributed by atoms with van der Waals surface area (Å²) in [6.45, 7) is 7.49. The molecule has 2 fully saturated rings. The molecular formula is C23H29N9O. The Morgan fingerprint density at radius 1 is 0.909 bits per heavy atom. The van der Waals surface area contributed by atoms with Crippen molar-refractivity contribution in [3.8, 4) is 5.82 Å². The molecule has 2 aliphatic heterocycles. The molecule has 0 aromatic carbocycles. The molecule has 1 amide bonds. The van der Waals surface area contributed by atoms with Crippen LogP contribution in [0.3, 0.4) is 0 Å². The van der Waals surface area contributed by atoms with Gasteiger partial charge in [0.25, 0.3) is 0 Å². The monoisotopic (exact) mass is 447 g/mol. The first-order valence-corrected chi connectivity index (χ1v) is 11.6. The van der Waals surface area contributed by atoms with Gasteiger partial charge in [-0.2, -0.15) is 5.10 Å². The molecule has 2 saturated heterocycles. The lowest BCUT2D eigenvalue weighted by atomic mass is 9.96. The Kier molecular flexibility index (Phi) is 5.89. The zero-order chi connectivity index (χ0) is 22.8. The van der Waals surface area contributed by atoms with E-state index in [1.54, 1.807) is 4.68 Å². The second-order valence-electron chi connectivity index (χ2n) is 8.79. The maximum absolute atomic E-state index is 12.8. The fourth-order valence-corrected chi connectivity index (χ4v) is 4.59. The minimum absolute atomic E-state index is 0.0201. The predicted molar refractivity (Wildman–Crippen MR) is 126 cm³/mol. The van der Waals surface area contributed by atoms with Gasteiger partial charge in [-0.3, -0.25) is 4.79 Å². The van der Waals surface area contributed by atoms with Gasteiger partial charge < -0.3 is 15.1 Å². The van der Waals surface area contributed by atoms with Crippen LogP contribution < -0.4 is 15.1 Å². The summed E-state index contributed by atoms with van der Waals surface area (Å²) >= 11 is 0. The first-order chi connectivity index (χ1) is 16.1. The van der Waals surface area contributed by atoms with Gasteiger partial charge >= 0.3 is 0 Å². The normalized spacial score (nSPS) is 16.9. The number of amides is 1. The lowest BCUT2D eigenvalue weighted by molar-refractivity contribution is -0.120. The largest absolute Gasteiger partial charge is 0.356 e. The number of aryl methyl sites for hydroxylation is 2. The van der Waals surface area contributed by atoms with Crippen LogP contribution in [0.1, 0.15) is 37.1 Å². The fourth-order valence-electron chi connectivity index (χ4n) is 4.59. The molecule has 2 aliphatic rings. The Balaban J connectivity index is 1.17. The van der Waals surface area contributed by atoms with E-state index in [-0.39, 0.29) is 11.8 Å². The van der Waals surface area contributed by atoms with Gasteiger partial charge in [0.15, 0.2) is 11.6 Å². The molecule has 3 aromatic heterocycles. The van der Waals surface area contributed by atoms with Gasteiger partial charge in [-0.15, -0.1) is 10.2 Å².